The lowest BCUT2D eigenvalue weighted by Crippen LogP contribution is -2.34. The van der Waals surface area contributed by atoms with Gasteiger partial charge in [0.25, 0.3) is 0 Å². The second-order valence-corrected chi connectivity index (χ2v) is 8.57. The van der Waals surface area contributed by atoms with Gasteiger partial charge in [-0.25, -0.2) is 13.4 Å². The Morgan fingerprint density at radius 1 is 1.30 bits per heavy atom. The zero-order valence-corrected chi connectivity index (χ0v) is 16.9. The minimum absolute atomic E-state index is 0.00861. The Bertz CT molecular complexity index is 886. The van der Waals surface area contributed by atoms with E-state index in [-0.39, 0.29) is 22.7 Å². The number of amides is 1. The molecule has 0 atom stereocenters. The normalized spacial score (nSPS) is 11.6. The molecule has 0 saturated heterocycles. The van der Waals surface area contributed by atoms with Gasteiger partial charge in [0, 0.05) is 19.0 Å². The Morgan fingerprint density at radius 2 is 1.96 bits per heavy atom. The molecule has 0 bridgehead atoms. The molecule has 6 nitrogen and oxygen atoms in total. The highest BCUT2D eigenvalue weighted by Crippen LogP contribution is 2.19. The number of carbonyl (C=O) groups excluding carboxylic acids is 1. The fraction of sp³-hybridized carbons (Fsp3) is 0.400. The van der Waals surface area contributed by atoms with Crippen LogP contribution < -0.4 is 0 Å². The van der Waals surface area contributed by atoms with Crippen molar-refractivity contribution in [1.29, 1.82) is 0 Å². The van der Waals surface area contributed by atoms with E-state index >= 15 is 0 Å². The van der Waals surface area contributed by atoms with E-state index < -0.39 is 9.84 Å². The Kier molecular flexibility index (Phi) is 6.96. The molecule has 0 aliphatic carbocycles. The SMILES string of the molecule is C=CCn1c(CN(CC)C(=O)C(C)C)cnc1S(=O)(=O)Cc1ccccc1. The molecule has 0 spiro atoms. The molecule has 2 rings (SSSR count). The Labute approximate surface area is 161 Å². The zero-order chi connectivity index (χ0) is 20.0. The van der Waals surface area contributed by atoms with Gasteiger partial charge in [-0.1, -0.05) is 50.3 Å². The summed E-state index contributed by atoms with van der Waals surface area (Å²) in [5, 5.41) is 0.00861. The number of benzene rings is 1. The largest absolute Gasteiger partial charge is 0.337 e. The maximum atomic E-state index is 12.9. The summed E-state index contributed by atoms with van der Waals surface area (Å²) in [7, 11) is -3.62. The van der Waals surface area contributed by atoms with Crippen LogP contribution in [0.5, 0.6) is 0 Å². The molecule has 1 aromatic carbocycles. The summed E-state index contributed by atoms with van der Waals surface area (Å²) in [6.07, 6.45) is 3.17. The predicted octanol–water partition coefficient (Wildman–Crippen LogP) is 3.05. The van der Waals surface area contributed by atoms with E-state index in [2.05, 4.69) is 11.6 Å². The summed E-state index contributed by atoms with van der Waals surface area (Å²) in [5.41, 5.74) is 1.38. The lowest BCUT2D eigenvalue weighted by molar-refractivity contribution is -0.134. The van der Waals surface area contributed by atoms with Gasteiger partial charge in [0.15, 0.2) is 0 Å². The molecule has 0 fully saturated rings. The number of carbonyl (C=O) groups is 1. The number of aromatic nitrogens is 2. The van der Waals surface area contributed by atoms with Gasteiger partial charge in [0.2, 0.25) is 20.9 Å². The molecule has 0 radical (unpaired) electrons. The van der Waals surface area contributed by atoms with Gasteiger partial charge < -0.3 is 9.47 Å². The first-order valence-electron chi connectivity index (χ1n) is 9.01. The van der Waals surface area contributed by atoms with Crippen LogP contribution in [0.3, 0.4) is 0 Å². The predicted molar refractivity (Wildman–Crippen MR) is 106 cm³/mol. The molecule has 1 aromatic heterocycles. The number of nitrogens with zero attached hydrogens (tertiary/aromatic N) is 3. The second kappa shape index (κ2) is 8.99. The molecule has 27 heavy (non-hydrogen) atoms. The number of allylic oxidation sites excluding steroid dienone is 1. The van der Waals surface area contributed by atoms with Crippen LogP contribution in [0, 0.1) is 5.92 Å². The number of hydrogen-bond acceptors (Lipinski definition) is 4. The van der Waals surface area contributed by atoms with Crippen LogP contribution in [-0.2, 0) is 33.5 Å². The zero-order valence-electron chi connectivity index (χ0n) is 16.1. The highest BCUT2D eigenvalue weighted by Gasteiger charge is 2.25. The number of sulfone groups is 1. The number of imidazole rings is 1. The molecule has 1 heterocycles. The average molecular weight is 390 g/mol. The third-order valence-corrected chi connectivity index (χ3v) is 5.83. The van der Waals surface area contributed by atoms with Crippen molar-refractivity contribution in [2.75, 3.05) is 6.54 Å². The van der Waals surface area contributed by atoms with E-state index in [1.165, 1.54) is 6.20 Å². The fourth-order valence-electron chi connectivity index (χ4n) is 2.86. The molecule has 0 saturated carbocycles. The van der Waals surface area contributed by atoms with Gasteiger partial charge >= 0.3 is 0 Å². The molecule has 0 aliphatic rings. The van der Waals surface area contributed by atoms with Crippen molar-refractivity contribution in [3.8, 4) is 0 Å². The minimum atomic E-state index is -3.62. The van der Waals surface area contributed by atoms with E-state index in [1.54, 1.807) is 27.7 Å². The van der Waals surface area contributed by atoms with Crippen LogP contribution in [0.15, 0.2) is 54.3 Å². The van der Waals surface area contributed by atoms with Crippen molar-refractivity contribution in [2.45, 2.75) is 44.8 Å². The Hall–Kier alpha value is -2.41. The minimum Gasteiger partial charge on any atom is -0.337 e. The molecule has 0 aliphatic heterocycles. The van der Waals surface area contributed by atoms with Gasteiger partial charge in [-0.15, -0.1) is 6.58 Å². The maximum absolute atomic E-state index is 12.9. The molecule has 1 amide bonds. The van der Waals surface area contributed by atoms with Crippen molar-refractivity contribution in [1.82, 2.24) is 14.5 Å². The first-order valence-corrected chi connectivity index (χ1v) is 10.7. The van der Waals surface area contributed by atoms with E-state index in [1.807, 2.05) is 39.0 Å². The highest BCUT2D eigenvalue weighted by molar-refractivity contribution is 7.90. The standard InChI is InChI=1S/C20H27N3O3S/c1-5-12-23-18(14-22(6-2)19(24)16(3)4)13-21-20(23)27(25,26)15-17-10-8-7-9-11-17/h5,7-11,13,16H,1,6,12,14-15H2,2-4H3. The third-order valence-electron chi connectivity index (χ3n) is 4.23. The van der Waals surface area contributed by atoms with Gasteiger partial charge in [-0.3, -0.25) is 4.79 Å². The van der Waals surface area contributed by atoms with E-state index in [0.29, 0.717) is 30.9 Å². The smallest absolute Gasteiger partial charge is 0.228 e. The summed E-state index contributed by atoms with van der Waals surface area (Å²) < 4.78 is 27.4. The highest BCUT2D eigenvalue weighted by atomic mass is 32.2. The molecule has 7 heteroatoms. The average Bonchev–Trinajstić information content (AvgIpc) is 3.03. The van der Waals surface area contributed by atoms with E-state index in [9.17, 15) is 13.2 Å². The van der Waals surface area contributed by atoms with Crippen LogP contribution >= 0.6 is 0 Å². The van der Waals surface area contributed by atoms with Crippen LogP contribution in [0.2, 0.25) is 0 Å². The van der Waals surface area contributed by atoms with E-state index in [4.69, 9.17) is 0 Å². The van der Waals surface area contributed by atoms with Crippen molar-refractivity contribution >= 4 is 15.7 Å². The Morgan fingerprint density at radius 3 is 2.52 bits per heavy atom. The van der Waals surface area contributed by atoms with Crippen LogP contribution in [0.4, 0.5) is 0 Å². The lowest BCUT2D eigenvalue weighted by Gasteiger charge is -2.23. The topological polar surface area (TPSA) is 72.3 Å². The molecule has 0 unspecified atom stereocenters. The van der Waals surface area contributed by atoms with Crippen LogP contribution in [-0.4, -0.2) is 35.3 Å². The van der Waals surface area contributed by atoms with Gasteiger partial charge in [0.1, 0.15) is 0 Å². The monoisotopic (exact) mass is 389 g/mol. The summed E-state index contributed by atoms with van der Waals surface area (Å²) in [4.78, 5) is 18.2. The third kappa shape index (κ3) is 5.07. The quantitative estimate of drug-likeness (QED) is 0.618. The fourth-order valence-corrected chi connectivity index (χ4v) is 4.36. The Balaban J connectivity index is 2.36. The van der Waals surface area contributed by atoms with Crippen LogP contribution in [0.25, 0.3) is 0 Å². The van der Waals surface area contributed by atoms with Gasteiger partial charge in [-0.2, -0.15) is 0 Å². The summed E-state index contributed by atoms with van der Waals surface area (Å²) in [6, 6.07) is 9.02. The first kappa shape index (κ1) is 20.9. The van der Waals surface area contributed by atoms with Crippen molar-refractivity contribution in [3.63, 3.8) is 0 Å². The second-order valence-electron chi connectivity index (χ2n) is 6.68. The molecular weight excluding hydrogens is 362 g/mol. The molecule has 146 valence electrons. The van der Waals surface area contributed by atoms with Crippen LogP contribution in [0.1, 0.15) is 32.0 Å². The van der Waals surface area contributed by atoms with Crippen molar-refractivity contribution in [2.24, 2.45) is 5.92 Å². The van der Waals surface area contributed by atoms with Crippen molar-refractivity contribution in [3.05, 3.63) is 60.4 Å². The van der Waals surface area contributed by atoms with Gasteiger partial charge in [-0.05, 0) is 12.5 Å². The van der Waals surface area contributed by atoms with E-state index in [0.717, 1.165) is 0 Å². The molecule has 0 N–H and O–H groups in total. The summed E-state index contributed by atoms with van der Waals surface area (Å²) >= 11 is 0. The molecular formula is C20H27N3O3S. The summed E-state index contributed by atoms with van der Waals surface area (Å²) in [6.45, 7) is 10.5. The lowest BCUT2D eigenvalue weighted by atomic mass is 10.2. The molecule has 2 aromatic rings. The van der Waals surface area contributed by atoms with Crippen molar-refractivity contribution < 1.29 is 13.2 Å². The van der Waals surface area contributed by atoms with Gasteiger partial charge in [0.05, 0.1) is 24.2 Å². The number of hydrogen-bond donors (Lipinski definition) is 0. The summed E-state index contributed by atoms with van der Waals surface area (Å²) in [5.74, 6) is -0.219. The number of rotatable bonds is 9. The maximum Gasteiger partial charge on any atom is 0.228 e. The first-order chi connectivity index (χ1) is 12.8.